The molecule has 0 amide bonds. The highest BCUT2D eigenvalue weighted by Crippen LogP contribution is 2.39. The molecule has 0 spiro atoms. The van der Waals surface area contributed by atoms with Crippen molar-refractivity contribution >= 4 is 34.6 Å². The normalized spacial score (nSPS) is 12.9. The Morgan fingerprint density at radius 2 is 1.55 bits per heavy atom. The van der Waals surface area contributed by atoms with Crippen molar-refractivity contribution in [3.05, 3.63) is 38.5 Å². The molecule has 0 radical (unpaired) electrons. The lowest BCUT2D eigenvalue weighted by molar-refractivity contribution is -0.142. The zero-order valence-electron chi connectivity index (χ0n) is 9.31. The molecule has 1 N–H and O–H groups in total. The van der Waals surface area contributed by atoms with Gasteiger partial charge < -0.3 is 5.11 Å². The van der Waals surface area contributed by atoms with Crippen LogP contribution in [0.4, 0.5) is 26.3 Å². The third-order valence-corrected chi connectivity index (χ3v) is 3.05. The quantitative estimate of drug-likeness (QED) is 0.445. The van der Waals surface area contributed by atoms with Crippen LogP contribution in [0.5, 0.6) is 0 Å². The lowest BCUT2D eigenvalue weighted by Gasteiger charge is -2.15. The minimum Gasteiger partial charge on any atom is -0.478 e. The van der Waals surface area contributed by atoms with Crippen LogP contribution in [0, 0.1) is 3.57 Å². The first-order chi connectivity index (χ1) is 8.93. The van der Waals surface area contributed by atoms with Crippen LogP contribution >= 0.6 is 22.6 Å². The average molecular weight is 410 g/mol. The Balaban J connectivity index is 3.54. The maximum absolute atomic E-state index is 12.7. The second-order valence-electron chi connectivity index (χ2n) is 3.59. The molecule has 0 bridgehead atoms. The predicted octanol–water partition coefficient (Wildman–Crippen LogP) is 4.43. The van der Waals surface area contributed by atoms with Gasteiger partial charge in [0.1, 0.15) is 0 Å². The van der Waals surface area contributed by atoms with E-state index in [-0.39, 0.29) is 6.07 Å². The van der Waals surface area contributed by atoms with Crippen molar-refractivity contribution in [1.29, 1.82) is 0 Å². The summed E-state index contributed by atoms with van der Waals surface area (Å²) in [7, 11) is 0. The summed E-state index contributed by atoms with van der Waals surface area (Å²) in [6.45, 7) is 0. The van der Waals surface area contributed by atoms with Crippen molar-refractivity contribution in [2.75, 3.05) is 0 Å². The number of hydrogen-bond acceptors (Lipinski definition) is 1. The summed E-state index contributed by atoms with van der Waals surface area (Å²) in [6, 6.07) is 0.620. The second kappa shape index (κ2) is 5.62. The summed E-state index contributed by atoms with van der Waals surface area (Å²) in [6.07, 6.45) is -8.89. The first-order valence-electron chi connectivity index (χ1n) is 4.82. The van der Waals surface area contributed by atoms with E-state index in [0.717, 1.165) is 22.6 Å². The first kappa shape index (κ1) is 16.8. The molecular weight excluding hydrogens is 405 g/mol. The molecule has 0 aromatic heterocycles. The van der Waals surface area contributed by atoms with Gasteiger partial charge in [-0.1, -0.05) is 0 Å². The van der Waals surface area contributed by atoms with Gasteiger partial charge in [-0.25, -0.2) is 4.79 Å². The molecule has 1 aromatic rings. The molecule has 0 saturated carbocycles. The van der Waals surface area contributed by atoms with Gasteiger partial charge in [0.2, 0.25) is 0 Å². The number of rotatable bonds is 2. The maximum Gasteiger partial charge on any atom is 0.417 e. The van der Waals surface area contributed by atoms with Crippen molar-refractivity contribution in [2.24, 2.45) is 0 Å². The molecule has 1 rings (SSSR count). The highest BCUT2D eigenvalue weighted by atomic mass is 127. The van der Waals surface area contributed by atoms with Crippen LogP contribution in [-0.4, -0.2) is 11.1 Å². The Morgan fingerprint density at radius 3 is 1.95 bits per heavy atom. The predicted molar refractivity (Wildman–Crippen MR) is 65.8 cm³/mol. The van der Waals surface area contributed by atoms with E-state index in [2.05, 4.69) is 0 Å². The monoisotopic (exact) mass is 410 g/mol. The standard InChI is InChI=1S/C11H5F6IO2/c12-10(13,14)6-4-8(18)7(11(15,16)17)3-5(6)1-2-9(19)20/h1-4H,(H,19,20)/b2-1+. The minimum atomic E-state index is -4.89. The van der Waals surface area contributed by atoms with Gasteiger partial charge in [-0.2, -0.15) is 26.3 Å². The van der Waals surface area contributed by atoms with Crippen LogP contribution in [0.15, 0.2) is 18.2 Å². The van der Waals surface area contributed by atoms with Crippen LogP contribution in [0.3, 0.4) is 0 Å². The van der Waals surface area contributed by atoms with E-state index in [9.17, 15) is 31.1 Å². The van der Waals surface area contributed by atoms with Crippen LogP contribution in [0.1, 0.15) is 16.7 Å². The zero-order valence-corrected chi connectivity index (χ0v) is 11.5. The van der Waals surface area contributed by atoms with E-state index >= 15 is 0 Å². The topological polar surface area (TPSA) is 37.3 Å². The average Bonchev–Trinajstić information content (AvgIpc) is 2.23. The van der Waals surface area contributed by atoms with Gasteiger partial charge in [-0.15, -0.1) is 0 Å². The zero-order chi connectivity index (χ0) is 15.7. The second-order valence-corrected chi connectivity index (χ2v) is 4.75. The van der Waals surface area contributed by atoms with Crippen molar-refractivity contribution in [3.8, 4) is 0 Å². The van der Waals surface area contributed by atoms with Crippen LogP contribution in [0.25, 0.3) is 6.08 Å². The molecule has 20 heavy (non-hydrogen) atoms. The van der Waals surface area contributed by atoms with E-state index in [1.807, 2.05) is 0 Å². The Hall–Kier alpha value is -1.26. The number of aliphatic carboxylic acids is 1. The fourth-order valence-corrected chi connectivity index (χ4v) is 2.12. The summed E-state index contributed by atoms with van der Waals surface area (Å²) in [4.78, 5) is 10.3. The summed E-state index contributed by atoms with van der Waals surface area (Å²) >= 11 is 1.15. The third-order valence-electron chi connectivity index (χ3n) is 2.16. The molecule has 0 aliphatic rings. The van der Waals surface area contributed by atoms with Gasteiger partial charge in [0.15, 0.2) is 0 Å². The van der Waals surface area contributed by atoms with Gasteiger partial charge in [0.25, 0.3) is 0 Å². The fraction of sp³-hybridized carbons (Fsp3) is 0.182. The Kier molecular flexibility index (Phi) is 4.72. The number of halogens is 7. The lowest BCUT2D eigenvalue weighted by atomic mass is 10.0. The van der Waals surface area contributed by atoms with Crippen LogP contribution in [0.2, 0.25) is 0 Å². The number of carboxylic acid groups (broad SMARTS) is 1. The van der Waals surface area contributed by atoms with Gasteiger partial charge in [0.05, 0.1) is 11.1 Å². The molecule has 0 atom stereocenters. The molecule has 0 aliphatic heterocycles. The number of carboxylic acids is 1. The highest BCUT2D eigenvalue weighted by Gasteiger charge is 2.38. The molecular formula is C11H5F6IO2. The minimum absolute atomic E-state index is 0.282. The molecule has 0 aliphatic carbocycles. The van der Waals surface area contributed by atoms with E-state index in [1.54, 1.807) is 0 Å². The summed E-state index contributed by atoms with van der Waals surface area (Å²) in [5.74, 6) is -1.56. The number of hydrogen-bond donors (Lipinski definition) is 1. The largest absolute Gasteiger partial charge is 0.478 e. The van der Waals surface area contributed by atoms with Crippen LogP contribution < -0.4 is 0 Å². The third kappa shape index (κ3) is 4.12. The summed E-state index contributed by atoms with van der Waals surface area (Å²) < 4.78 is 75.4. The summed E-state index contributed by atoms with van der Waals surface area (Å²) in [5.41, 5.74) is -3.43. The molecule has 1 aromatic carbocycles. The molecule has 2 nitrogen and oxygen atoms in total. The molecule has 9 heteroatoms. The van der Waals surface area contributed by atoms with Crippen molar-refractivity contribution in [3.63, 3.8) is 0 Å². The van der Waals surface area contributed by atoms with E-state index in [0.29, 0.717) is 18.2 Å². The Bertz CT molecular complexity index is 559. The molecule has 0 fully saturated rings. The maximum atomic E-state index is 12.7. The van der Waals surface area contributed by atoms with Gasteiger partial charge in [-0.05, 0) is 46.4 Å². The Morgan fingerprint density at radius 1 is 1.05 bits per heavy atom. The van der Waals surface area contributed by atoms with Crippen molar-refractivity contribution < 1.29 is 36.2 Å². The molecule has 0 saturated heterocycles. The van der Waals surface area contributed by atoms with Gasteiger partial charge in [0, 0.05) is 9.65 Å². The number of alkyl halides is 6. The Labute approximate surface area is 122 Å². The summed E-state index contributed by atoms with van der Waals surface area (Å²) in [5, 5.41) is 8.36. The SMILES string of the molecule is O=C(O)/C=C/c1cc(C(F)(F)F)c(I)cc1C(F)(F)F. The smallest absolute Gasteiger partial charge is 0.417 e. The number of carbonyl (C=O) groups is 1. The molecule has 0 heterocycles. The van der Waals surface area contributed by atoms with E-state index in [1.165, 1.54) is 0 Å². The number of benzene rings is 1. The lowest BCUT2D eigenvalue weighted by Crippen LogP contribution is -2.13. The van der Waals surface area contributed by atoms with Crippen LogP contribution in [-0.2, 0) is 17.1 Å². The first-order valence-corrected chi connectivity index (χ1v) is 5.89. The highest BCUT2D eigenvalue weighted by molar-refractivity contribution is 14.1. The fourth-order valence-electron chi connectivity index (χ4n) is 1.35. The van der Waals surface area contributed by atoms with E-state index < -0.39 is 38.6 Å². The van der Waals surface area contributed by atoms with Crippen molar-refractivity contribution in [1.82, 2.24) is 0 Å². The van der Waals surface area contributed by atoms with E-state index in [4.69, 9.17) is 5.11 Å². The van der Waals surface area contributed by atoms with Crippen molar-refractivity contribution in [2.45, 2.75) is 12.4 Å². The van der Waals surface area contributed by atoms with Gasteiger partial charge in [-0.3, -0.25) is 0 Å². The molecule has 0 unspecified atom stereocenters. The van der Waals surface area contributed by atoms with Gasteiger partial charge >= 0.3 is 18.3 Å². The molecule has 110 valence electrons.